The normalized spacial score (nSPS) is 17.1. The van der Waals surface area contributed by atoms with Gasteiger partial charge in [0.15, 0.2) is 0 Å². The number of benzene rings is 1. The zero-order valence-corrected chi connectivity index (χ0v) is 14.4. The topological polar surface area (TPSA) is 59.1 Å². The summed E-state index contributed by atoms with van der Waals surface area (Å²) >= 11 is 1.08. The summed E-state index contributed by atoms with van der Waals surface area (Å²) in [5, 5.41) is 1.77. The van der Waals surface area contributed by atoms with Crippen LogP contribution in [0.1, 0.15) is 29.3 Å². The molecule has 2 aromatic rings. The van der Waals surface area contributed by atoms with Crippen molar-refractivity contribution in [2.45, 2.75) is 37.9 Å². The third kappa shape index (κ3) is 4.23. The van der Waals surface area contributed by atoms with Crippen LogP contribution < -0.4 is 5.32 Å². The molecule has 0 bridgehead atoms. The molecule has 1 aromatic carbocycles. The van der Waals surface area contributed by atoms with Gasteiger partial charge in [-0.25, -0.2) is 0 Å². The monoisotopic (exact) mass is 340 g/mol. The number of rotatable bonds is 6. The van der Waals surface area contributed by atoms with Crippen molar-refractivity contribution in [1.82, 2.24) is 10.3 Å². The number of carbonyl (C=O) groups excluding carboxylic acids is 2. The minimum absolute atomic E-state index is 0.185. The molecule has 0 saturated carbocycles. The van der Waals surface area contributed by atoms with E-state index in [1.165, 1.54) is 11.1 Å². The van der Waals surface area contributed by atoms with Gasteiger partial charge >= 0.3 is 0 Å². The highest BCUT2D eigenvalue weighted by Gasteiger charge is 2.31. The predicted molar refractivity (Wildman–Crippen MR) is 96.1 cm³/mol. The van der Waals surface area contributed by atoms with Gasteiger partial charge in [0, 0.05) is 11.9 Å². The summed E-state index contributed by atoms with van der Waals surface area (Å²) in [6, 6.07) is 12.5. The number of imide groups is 1. The number of hydrogen-bond donors (Lipinski definition) is 1. The highest BCUT2D eigenvalue weighted by Crippen LogP contribution is 2.23. The van der Waals surface area contributed by atoms with Gasteiger partial charge in [-0.2, -0.15) is 0 Å². The van der Waals surface area contributed by atoms with Crippen molar-refractivity contribution in [1.29, 1.82) is 0 Å². The molecule has 1 aliphatic heterocycles. The summed E-state index contributed by atoms with van der Waals surface area (Å²) in [5.41, 5.74) is 4.69. The fourth-order valence-corrected chi connectivity index (χ4v) is 3.53. The summed E-state index contributed by atoms with van der Waals surface area (Å²) in [5.74, 6) is -0.185. The first-order valence-corrected chi connectivity index (χ1v) is 9.05. The highest BCUT2D eigenvalue weighted by atomic mass is 32.2. The van der Waals surface area contributed by atoms with Crippen molar-refractivity contribution in [3.8, 4) is 0 Å². The van der Waals surface area contributed by atoms with Crippen LogP contribution in [0, 0.1) is 0 Å². The van der Waals surface area contributed by atoms with Crippen LogP contribution >= 0.6 is 11.8 Å². The molecule has 1 aliphatic rings. The van der Waals surface area contributed by atoms with Gasteiger partial charge in [-0.15, -0.1) is 0 Å². The number of aromatic nitrogens is 1. The first kappa shape index (κ1) is 16.7. The minimum atomic E-state index is -0.301. The van der Waals surface area contributed by atoms with E-state index in [4.69, 9.17) is 0 Å². The van der Waals surface area contributed by atoms with E-state index >= 15 is 0 Å². The summed E-state index contributed by atoms with van der Waals surface area (Å²) < 4.78 is 0. The smallest absolute Gasteiger partial charge is 0.286 e. The Morgan fingerprint density at radius 1 is 1.00 bits per heavy atom. The van der Waals surface area contributed by atoms with Crippen LogP contribution in [0.4, 0.5) is 4.79 Å². The van der Waals surface area contributed by atoms with Crippen molar-refractivity contribution in [2.24, 2.45) is 0 Å². The Kier molecular flexibility index (Phi) is 5.30. The van der Waals surface area contributed by atoms with Gasteiger partial charge in [0.25, 0.3) is 5.24 Å². The Labute approximate surface area is 146 Å². The van der Waals surface area contributed by atoms with Crippen LogP contribution in [0.25, 0.3) is 0 Å². The average Bonchev–Trinajstić information content (AvgIpc) is 2.92. The molecule has 0 radical (unpaired) electrons. The predicted octanol–water partition coefficient (Wildman–Crippen LogP) is 3.32. The number of carbonyl (C=O) groups is 2. The maximum atomic E-state index is 11.6. The molecule has 2 amide bonds. The van der Waals surface area contributed by atoms with E-state index in [2.05, 4.69) is 41.5 Å². The molecule has 1 N–H and O–H groups in total. The van der Waals surface area contributed by atoms with Crippen LogP contribution in [-0.4, -0.2) is 21.4 Å². The summed E-state index contributed by atoms with van der Waals surface area (Å²) in [6.07, 6.45) is 5.40. The molecule has 4 nitrogen and oxygen atoms in total. The van der Waals surface area contributed by atoms with E-state index in [0.717, 1.165) is 42.3 Å². The van der Waals surface area contributed by atoms with Gasteiger partial charge in [0.1, 0.15) is 0 Å². The second-order valence-electron chi connectivity index (χ2n) is 5.92. The Balaban J connectivity index is 1.54. The van der Waals surface area contributed by atoms with E-state index in [1.807, 2.05) is 18.3 Å². The summed E-state index contributed by atoms with van der Waals surface area (Å²) in [4.78, 5) is 27.3. The molecule has 1 fully saturated rings. The third-order valence-electron chi connectivity index (χ3n) is 4.18. The van der Waals surface area contributed by atoms with Crippen LogP contribution in [0.5, 0.6) is 0 Å². The van der Waals surface area contributed by atoms with E-state index in [-0.39, 0.29) is 16.4 Å². The van der Waals surface area contributed by atoms with E-state index < -0.39 is 0 Å². The minimum Gasteiger partial charge on any atom is -0.286 e. The maximum Gasteiger partial charge on any atom is 0.286 e. The van der Waals surface area contributed by atoms with Crippen LogP contribution in [0.2, 0.25) is 0 Å². The summed E-state index contributed by atoms with van der Waals surface area (Å²) in [7, 11) is 0. The van der Waals surface area contributed by atoms with Crippen LogP contribution in [0.3, 0.4) is 0 Å². The van der Waals surface area contributed by atoms with Crippen molar-refractivity contribution in [3.05, 3.63) is 65.0 Å². The lowest BCUT2D eigenvalue weighted by Gasteiger charge is -2.07. The number of aryl methyl sites for hydroxylation is 3. The number of hydrogen-bond acceptors (Lipinski definition) is 4. The summed E-state index contributed by atoms with van der Waals surface area (Å²) in [6.45, 7) is 2.13. The van der Waals surface area contributed by atoms with Crippen molar-refractivity contribution in [2.75, 3.05) is 0 Å². The van der Waals surface area contributed by atoms with Gasteiger partial charge in [-0.3, -0.25) is 19.9 Å². The van der Waals surface area contributed by atoms with Crippen molar-refractivity contribution < 1.29 is 9.59 Å². The van der Waals surface area contributed by atoms with E-state index in [1.54, 1.807) is 0 Å². The van der Waals surface area contributed by atoms with Gasteiger partial charge in [-0.05, 0) is 48.4 Å². The third-order valence-corrected chi connectivity index (χ3v) is 5.16. The second kappa shape index (κ2) is 7.62. The number of nitrogens with one attached hydrogen (secondary N) is 1. The molecular weight excluding hydrogens is 320 g/mol. The van der Waals surface area contributed by atoms with Crippen molar-refractivity contribution in [3.63, 3.8) is 0 Å². The molecule has 1 atom stereocenters. The highest BCUT2D eigenvalue weighted by molar-refractivity contribution is 8.15. The molecule has 0 spiro atoms. The molecular formula is C19H20N2O2S. The second-order valence-corrected chi connectivity index (χ2v) is 7.09. The molecule has 1 unspecified atom stereocenters. The number of pyridine rings is 1. The largest absolute Gasteiger partial charge is 0.286 e. The zero-order chi connectivity index (χ0) is 16.9. The Hall–Kier alpha value is -2.14. The molecule has 1 saturated heterocycles. The molecule has 0 aliphatic carbocycles. The average molecular weight is 340 g/mol. The van der Waals surface area contributed by atoms with Gasteiger partial charge in [0.05, 0.1) is 5.25 Å². The molecule has 5 heteroatoms. The molecule has 24 heavy (non-hydrogen) atoms. The van der Waals surface area contributed by atoms with Crippen LogP contribution in [-0.2, 0) is 30.5 Å². The van der Waals surface area contributed by atoms with Gasteiger partial charge in [-0.1, -0.05) is 49.0 Å². The SMILES string of the molecule is CCc1ccc(CCc2ccc(CC3SC(=O)NC3=O)cc2)nc1. The lowest BCUT2D eigenvalue weighted by atomic mass is 10.0. The Bertz CT molecular complexity index is 726. The molecule has 2 heterocycles. The maximum absolute atomic E-state index is 11.6. The fraction of sp³-hybridized carbons (Fsp3) is 0.316. The fourth-order valence-electron chi connectivity index (χ4n) is 2.67. The number of nitrogens with zero attached hydrogens (tertiary/aromatic N) is 1. The number of thioether (sulfide) groups is 1. The Morgan fingerprint density at radius 3 is 2.29 bits per heavy atom. The molecule has 124 valence electrons. The standard InChI is InChI=1S/C19H20N2O2S/c1-2-13-7-9-16(20-12-13)10-8-14-3-5-15(6-4-14)11-17-18(22)21-19(23)24-17/h3-7,9,12,17H,2,8,10-11H2,1H3,(H,21,22,23). The number of amides is 2. The van der Waals surface area contributed by atoms with Gasteiger partial charge < -0.3 is 0 Å². The zero-order valence-electron chi connectivity index (χ0n) is 13.6. The molecule has 1 aromatic heterocycles. The lowest BCUT2D eigenvalue weighted by molar-refractivity contribution is -0.118. The van der Waals surface area contributed by atoms with Crippen LogP contribution in [0.15, 0.2) is 42.6 Å². The first-order valence-electron chi connectivity index (χ1n) is 8.17. The lowest BCUT2D eigenvalue weighted by Crippen LogP contribution is -2.25. The van der Waals surface area contributed by atoms with Crippen molar-refractivity contribution >= 4 is 22.9 Å². The first-order chi connectivity index (χ1) is 11.6. The Morgan fingerprint density at radius 2 is 1.71 bits per heavy atom. The van der Waals surface area contributed by atoms with E-state index in [9.17, 15) is 9.59 Å². The quantitative estimate of drug-likeness (QED) is 0.876. The van der Waals surface area contributed by atoms with E-state index in [0.29, 0.717) is 6.42 Å². The molecule has 3 rings (SSSR count). The van der Waals surface area contributed by atoms with Gasteiger partial charge in [0.2, 0.25) is 5.91 Å².